The summed E-state index contributed by atoms with van der Waals surface area (Å²) in [6, 6.07) is 0. The summed E-state index contributed by atoms with van der Waals surface area (Å²) in [5, 5.41) is 0.173. The van der Waals surface area contributed by atoms with Crippen molar-refractivity contribution in [2.45, 2.75) is 46.5 Å². The van der Waals surface area contributed by atoms with E-state index in [0.29, 0.717) is 19.6 Å². The average molecular weight is 217 g/mol. The lowest BCUT2D eigenvalue weighted by Gasteiger charge is -2.11. The van der Waals surface area contributed by atoms with Crippen molar-refractivity contribution in [3.8, 4) is 0 Å². The zero-order chi connectivity index (χ0) is 10.8. The Bertz CT molecular complexity index is 144. The van der Waals surface area contributed by atoms with Crippen LogP contribution in [0.15, 0.2) is 0 Å². The molecule has 0 aromatic heterocycles. The van der Waals surface area contributed by atoms with Gasteiger partial charge in [-0.3, -0.25) is 4.79 Å². The second kappa shape index (κ2) is 9.37. The quantitative estimate of drug-likeness (QED) is 0.439. The summed E-state index contributed by atoms with van der Waals surface area (Å²) in [6.07, 6.45) is 3.82. The predicted octanol–water partition coefficient (Wildman–Crippen LogP) is 2.24. The van der Waals surface area contributed by atoms with Crippen LogP contribution in [0.5, 0.6) is 0 Å². The van der Waals surface area contributed by atoms with Gasteiger partial charge < -0.3 is 8.85 Å². The van der Waals surface area contributed by atoms with Gasteiger partial charge in [0, 0.05) is 19.6 Å². The van der Waals surface area contributed by atoms with E-state index >= 15 is 0 Å². The monoisotopic (exact) mass is 217 g/mol. The topological polar surface area (TPSA) is 35.5 Å². The third-order valence-corrected chi connectivity index (χ3v) is 3.59. The summed E-state index contributed by atoms with van der Waals surface area (Å²) in [7, 11) is -1.64. The maximum absolute atomic E-state index is 11.6. The molecule has 0 unspecified atom stereocenters. The van der Waals surface area contributed by atoms with E-state index < -0.39 is 9.28 Å². The average Bonchev–Trinajstić information content (AvgIpc) is 2.18. The number of hydrogen-bond donors (Lipinski definition) is 0. The van der Waals surface area contributed by atoms with Gasteiger partial charge in [-0.05, 0) is 20.3 Å². The van der Waals surface area contributed by atoms with Crippen LogP contribution in [0.2, 0.25) is 0 Å². The molecule has 0 saturated heterocycles. The molecule has 0 aromatic rings. The minimum absolute atomic E-state index is 0.173. The zero-order valence-electron chi connectivity index (χ0n) is 9.47. The van der Waals surface area contributed by atoms with Crippen LogP contribution in [-0.2, 0) is 13.6 Å². The highest BCUT2D eigenvalue weighted by molar-refractivity contribution is 6.80. The molecule has 4 heteroatoms. The molecule has 0 N–H and O–H groups in total. The Balaban J connectivity index is 3.76. The van der Waals surface area contributed by atoms with Gasteiger partial charge >= 0.3 is 9.28 Å². The third-order valence-electron chi connectivity index (χ3n) is 1.79. The lowest BCUT2D eigenvalue weighted by Crippen LogP contribution is -2.33. The maximum Gasteiger partial charge on any atom is 0.462 e. The van der Waals surface area contributed by atoms with E-state index in [2.05, 4.69) is 6.92 Å². The fourth-order valence-electron chi connectivity index (χ4n) is 1.10. The molecule has 14 heavy (non-hydrogen) atoms. The minimum atomic E-state index is -1.64. The molecule has 3 nitrogen and oxygen atoms in total. The normalized spacial score (nSPS) is 10.9. The first-order valence-electron chi connectivity index (χ1n) is 5.41. The largest absolute Gasteiger partial charge is 0.462 e. The van der Waals surface area contributed by atoms with Gasteiger partial charge in [0.1, 0.15) is 0 Å². The zero-order valence-corrected chi connectivity index (χ0v) is 10.5. The molecule has 0 saturated carbocycles. The summed E-state index contributed by atoms with van der Waals surface area (Å²) in [6.45, 7) is 7.04. The van der Waals surface area contributed by atoms with Crippen molar-refractivity contribution in [2.24, 2.45) is 0 Å². The first-order chi connectivity index (χ1) is 6.76. The SMILES string of the molecule is CCCCCC(=O)[Si](OCC)OCC. The van der Waals surface area contributed by atoms with E-state index in [1.165, 1.54) is 0 Å². The molecule has 0 aromatic carbocycles. The van der Waals surface area contributed by atoms with Crippen LogP contribution < -0.4 is 0 Å². The molecule has 0 fully saturated rings. The van der Waals surface area contributed by atoms with Gasteiger partial charge in [-0.2, -0.15) is 0 Å². The van der Waals surface area contributed by atoms with Crippen molar-refractivity contribution in [3.05, 3.63) is 0 Å². The summed E-state index contributed by atoms with van der Waals surface area (Å²) < 4.78 is 10.6. The molecule has 0 spiro atoms. The van der Waals surface area contributed by atoms with Gasteiger partial charge in [-0.1, -0.05) is 19.8 Å². The molecule has 0 atom stereocenters. The van der Waals surface area contributed by atoms with Crippen molar-refractivity contribution < 1.29 is 13.6 Å². The molecular formula is C10H21O3Si. The van der Waals surface area contributed by atoms with Crippen LogP contribution in [0.4, 0.5) is 0 Å². The number of carbonyl (C=O) groups excluding carboxylic acids is 1. The van der Waals surface area contributed by atoms with Gasteiger partial charge in [-0.25, -0.2) is 0 Å². The Hall–Kier alpha value is -0.193. The number of rotatable bonds is 9. The molecule has 0 aliphatic heterocycles. The van der Waals surface area contributed by atoms with Crippen molar-refractivity contribution >= 4 is 14.7 Å². The number of hydrogen-bond acceptors (Lipinski definition) is 3. The summed E-state index contributed by atoms with van der Waals surface area (Å²) in [4.78, 5) is 11.6. The molecule has 0 amide bonds. The molecule has 0 bridgehead atoms. The Morgan fingerprint density at radius 1 is 1.07 bits per heavy atom. The van der Waals surface area contributed by atoms with Crippen molar-refractivity contribution in [2.75, 3.05) is 13.2 Å². The highest BCUT2D eigenvalue weighted by atomic mass is 28.3. The van der Waals surface area contributed by atoms with Gasteiger partial charge in [0.25, 0.3) is 0 Å². The Morgan fingerprint density at radius 3 is 2.07 bits per heavy atom. The number of unbranched alkanes of at least 4 members (excludes halogenated alkanes) is 2. The van der Waals surface area contributed by atoms with Crippen molar-refractivity contribution in [1.82, 2.24) is 0 Å². The second-order valence-electron chi connectivity index (χ2n) is 3.03. The summed E-state index contributed by atoms with van der Waals surface area (Å²) in [5.41, 5.74) is 0. The Labute approximate surface area is 88.6 Å². The van der Waals surface area contributed by atoms with E-state index in [1.807, 2.05) is 13.8 Å². The van der Waals surface area contributed by atoms with Crippen LogP contribution in [-0.4, -0.2) is 27.9 Å². The van der Waals surface area contributed by atoms with Crippen LogP contribution in [0.3, 0.4) is 0 Å². The third kappa shape index (κ3) is 6.29. The van der Waals surface area contributed by atoms with E-state index in [1.54, 1.807) is 0 Å². The minimum Gasteiger partial charge on any atom is -0.389 e. The molecule has 83 valence electrons. The fourth-order valence-corrected chi connectivity index (χ4v) is 2.41. The van der Waals surface area contributed by atoms with Crippen LogP contribution >= 0.6 is 0 Å². The van der Waals surface area contributed by atoms with E-state index in [9.17, 15) is 4.79 Å². The molecule has 1 radical (unpaired) electrons. The van der Waals surface area contributed by atoms with Crippen LogP contribution in [0, 0.1) is 0 Å². The van der Waals surface area contributed by atoms with E-state index in [0.717, 1.165) is 19.3 Å². The first-order valence-corrected chi connectivity index (χ1v) is 6.73. The van der Waals surface area contributed by atoms with Gasteiger partial charge in [0.05, 0.1) is 0 Å². The first kappa shape index (κ1) is 13.8. The standard InChI is InChI=1S/C10H21O3Si/c1-4-7-8-9-10(11)14(12-5-2)13-6-3/h4-9H2,1-3H3. The lowest BCUT2D eigenvalue weighted by atomic mass is 10.2. The maximum atomic E-state index is 11.6. The molecule has 0 aliphatic carbocycles. The second-order valence-corrected chi connectivity index (χ2v) is 4.74. The highest BCUT2D eigenvalue weighted by Crippen LogP contribution is 2.03. The van der Waals surface area contributed by atoms with Crippen molar-refractivity contribution in [3.63, 3.8) is 0 Å². The van der Waals surface area contributed by atoms with E-state index in [4.69, 9.17) is 8.85 Å². The molecule has 0 heterocycles. The van der Waals surface area contributed by atoms with Gasteiger partial charge in [-0.15, -0.1) is 0 Å². The van der Waals surface area contributed by atoms with Gasteiger partial charge in [0.2, 0.25) is 0 Å². The molecule has 0 rings (SSSR count). The summed E-state index contributed by atoms with van der Waals surface area (Å²) >= 11 is 0. The molecule has 0 aliphatic rings. The Kier molecular flexibility index (Phi) is 9.24. The number of carbonyl (C=O) groups is 1. The van der Waals surface area contributed by atoms with Crippen molar-refractivity contribution in [1.29, 1.82) is 0 Å². The summed E-state index contributed by atoms with van der Waals surface area (Å²) in [5.74, 6) is 0. The molecular weight excluding hydrogens is 196 g/mol. The smallest absolute Gasteiger partial charge is 0.389 e. The highest BCUT2D eigenvalue weighted by Gasteiger charge is 2.24. The predicted molar refractivity (Wildman–Crippen MR) is 58.2 cm³/mol. The van der Waals surface area contributed by atoms with Gasteiger partial charge in [0.15, 0.2) is 5.41 Å². The fraction of sp³-hybridized carbons (Fsp3) is 0.900. The van der Waals surface area contributed by atoms with E-state index in [-0.39, 0.29) is 5.41 Å². The van der Waals surface area contributed by atoms with Crippen LogP contribution in [0.1, 0.15) is 46.5 Å². The lowest BCUT2D eigenvalue weighted by molar-refractivity contribution is -0.115. The van der Waals surface area contributed by atoms with Crippen LogP contribution in [0.25, 0.3) is 0 Å². The Morgan fingerprint density at radius 2 is 1.64 bits per heavy atom.